The first kappa shape index (κ1) is 19.5. The van der Waals surface area contributed by atoms with Crippen LogP contribution in [0.3, 0.4) is 0 Å². The molecule has 2 amide bonds. The lowest BCUT2D eigenvalue weighted by Gasteiger charge is -2.24. The number of carbonyl (C=O) groups is 1. The van der Waals surface area contributed by atoms with Gasteiger partial charge in [-0.1, -0.05) is 26.0 Å². The summed E-state index contributed by atoms with van der Waals surface area (Å²) in [5, 5.41) is 14.6. The van der Waals surface area contributed by atoms with E-state index in [4.69, 9.17) is 9.84 Å². The van der Waals surface area contributed by atoms with Crippen molar-refractivity contribution >= 4 is 11.7 Å². The van der Waals surface area contributed by atoms with Crippen LogP contribution in [-0.4, -0.2) is 30.4 Å². The molecule has 130 valence electrons. The van der Waals surface area contributed by atoms with Crippen molar-refractivity contribution < 1.29 is 14.6 Å². The van der Waals surface area contributed by atoms with Crippen LogP contribution in [0.15, 0.2) is 24.3 Å². The second-order valence-corrected chi connectivity index (χ2v) is 6.86. The molecular formula is C18H30N2O3. The van der Waals surface area contributed by atoms with Crippen molar-refractivity contribution in [2.24, 2.45) is 5.41 Å². The Labute approximate surface area is 139 Å². The van der Waals surface area contributed by atoms with Crippen molar-refractivity contribution in [3.63, 3.8) is 0 Å². The molecule has 0 aliphatic carbocycles. The van der Waals surface area contributed by atoms with Crippen LogP contribution < -0.4 is 10.6 Å². The summed E-state index contributed by atoms with van der Waals surface area (Å²) < 4.78 is 5.57. The van der Waals surface area contributed by atoms with E-state index < -0.39 is 0 Å². The SMILES string of the molecule is CC(C)OCc1cccc(NC(=O)NCC(C)(C)CCCO)c1. The highest BCUT2D eigenvalue weighted by molar-refractivity contribution is 5.89. The van der Waals surface area contributed by atoms with Crippen molar-refractivity contribution in [3.8, 4) is 0 Å². The second-order valence-electron chi connectivity index (χ2n) is 6.86. The van der Waals surface area contributed by atoms with Gasteiger partial charge in [0.1, 0.15) is 0 Å². The average molecular weight is 322 g/mol. The molecule has 0 saturated heterocycles. The molecule has 0 bridgehead atoms. The molecule has 5 nitrogen and oxygen atoms in total. The Balaban J connectivity index is 2.46. The van der Waals surface area contributed by atoms with Gasteiger partial charge in [-0.15, -0.1) is 0 Å². The number of nitrogens with one attached hydrogen (secondary N) is 2. The van der Waals surface area contributed by atoms with Crippen LogP contribution in [-0.2, 0) is 11.3 Å². The first-order valence-electron chi connectivity index (χ1n) is 8.19. The molecule has 0 fully saturated rings. The fourth-order valence-electron chi connectivity index (χ4n) is 2.14. The van der Waals surface area contributed by atoms with Crippen molar-refractivity contribution in [1.29, 1.82) is 0 Å². The van der Waals surface area contributed by atoms with Gasteiger partial charge < -0.3 is 20.5 Å². The third-order valence-electron chi connectivity index (χ3n) is 3.51. The molecule has 0 unspecified atom stereocenters. The summed E-state index contributed by atoms with van der Waals surface area (Å²) in [7, 11) is 0. The summed E-state index contributed by atoms with van der Waals surface area (Å²) >= 11 is 0. The second kappa shape index (κ2) is 9.53. The topological polar surface area (TPSA) is 70.6 Å². The molecule has 0 aliphatic heterocycles. The minimum Gasteiger partial charge on any atom is -0.396 e. The summed E-state index contributed by atoms with van der Waals surface area (Å²) in [6.45, 7) is 9.42. The maximum atomic E-state index is 12.0. The van der Waals surface area contributed by atoms with E-state index in [0.29, 0.717) is 13.2 Å². The monoisotopic (exact) mass is 322 g/mol. The highest BCUT2D eigenvalue weighted by Crippen LogP contribution is 2.20. The van der Waals surface area contributed by atoms with E-state index in [2.05, 4.69) is 24.5 Å². The highest BCUT2D eigenvalue weighted by atomic mass is 16.5. The Hall–Kier alpha value is -1.59. The van der Waals surface area contributed by atoms with Crippen LogP contribution in [0.25, 0.3) is 0 Å². The van der Waals surface area contributed by atoms with Crippen LogP contribution in [0.1, 0.15) is 46.1 Å². The Morgan fingerprint density at radius 3 is 2.74 bits per heavy atom. The Kier molecular flexibility index (Phi) is 8.06. The predicted octanol–water partition coefficient (Wildman–Crippen LogP) is 3.53. The molecule has 5 heteroatoms. The van der Waals surface area contributed by atoms with Gasteiger partial charge in [0.05, 0.1) is 12.7 Å². The van der Waals surface area contributed by atoms with Gasteiger partial charge in [-0.2, -0.15) is 0 Å². The van der Waals surface area contributed by atoms with Crippen LogP contribution in [0.2, 0.25) is 0 Å². The number of urea groups is 1. The van der Waals surface area contributed by atoms with Gasteiger partial charge in [0.25, 0.3) is 0 Å². The van der Waals surface area contributed by atoms with E-state index in [-0.39, 0.29) is 24.2 Å². The summed E-state index contributed by atoms with van der Waals surface area (Å²) in [5.74, 6) is 0. The van der Waals surface area contributed by atoms with Crippen molar-refractivity contribution in [1.82, 2.24) is 5.32 Å². The highest BCUT2D eigenvalue weighted by Gasteiger charge is 2.18. The number of ether oxygens (including phenoxy) is 1. The zero-order valence-electron chi connectivity index (χ0n) is 14.7. The molecule has 0 aliphatic rings. The third-order valence-corrected chi connectivity index (χ3v) is 3.51. The van der Waals surface area contributed by atoms with Crippen LogP contribution >= 0.6 is 0 Å². The van der Waals surface area contributed by atoms with Gasteiger partial charge >= 0.3 is 6.03 Å². The summed E-state index contributed by atoms with van der Waals surface area (Å²) in [6, 6.07) is 7.43. The molecule has 0 heterocycles. The third kappa shape index (κ3) is 8.57. The minimum atomic E-state index is -0.219. The van der Waals surface area contributed by atoms with E-state index in [1.54, 1.807) is 0 Å². The van der Waals surface area contributed by atoms with Crippen LogP contribution in [0, 0.1) is 5.41 Å². The molecule has 0 saturated carbocycles. The van der Waals surface area contributed by atoms with Gasteiger partial charge in [-0.25, -0.2) is 4.79 Å². The van der Waals surface area contributed by atoms with Crippen molar-refractivity contribution in [2.75, 3.05) is 18.5 Å². The number of rotatable bonds is 9. The number of hydrogen-bond acceptors (Lipinski definition) is 3. The maximum absolute atomic E-state index is 12.0. The lowest BCUT2D eigenvalue weighted by molar-refractivity contribution is 0.0657. The van der Waals surface area contributed by atoms with E-state index >= 15 is 0 Å². The van der Waals surface area contributed by atoms with E-state index in [9.17, 15) is 4.79 Å². The fourth-order valence-corrected chi connectivity index (χ4v) is 2.14. The van der Waals surface area contributed by atoms with Crippen molar-refractivity contribution in [3.05, 3.63) is 29.8 Å². The van der Waals surface area contributed by atoms with Gasteiger partial charge in [-0.3, -0.25) is 0 Å². The molecule has 3 N–H and O–H groups in total. The molecule has 0 spiro atoms. The molecular weight excluding hydrogens is 292 g/mol. The standard InChI is InChI=1S/C18H30N2O3/c1-14(2)23-12-15-7-5-8-16(11-15)20-17(22)19-13-18(3,4)9-6-10-21/h5,7-8,11,14,21H,6,9-10,12-13H2,1-4H3,(H2,19,20,22). The lowest BCUT2D eigenvalue weighted by atomic mass is 9.88. The lowest BCUT2D eigenvalue weighted by Crippen LogP contribution is -2.36. The Bertz CT molecular complexity index is 487. The van der Waals surface area contributed by atoms with Crippen LogP contribution in [0.4, 0.5) is 10.5 Å². The summed E-state index contributed by atoms with van der Waals surface area (Å²) in [6.07, 6.45) is 1.79. The van der Waals surface area contributed by atoms with E-state index in [1.807, 2.05) is 38.1 Å². The number of aliphatic hydroxyl groups is 1. The van der Waals surface area contributed by atoms with Crippen LogP contribution in [0.5, 0.6) is 0 Å². The number of anilines is 1. The quantitative estimate of drug-likeness (QED) is 0.651. The summed E-state index contributed by atoms with van der Waals surface area (Å²) in [4.78, 5) is 12.0. The Morgan fingerprint density at radius 1 is 1.35 bits per heavy atom. The zero-order chi connectivity index (χ0) is 17.3. The first-order valence-corrected chi connectivity index (χ1v) is 8.19. The molecule has 1 aromatic carbocycles. The number of amides is 2. The smallest absolute Gasteiger partial charge is 0.319 e. The van der Waals surface area contributed by atoms with E-state index in [1.165, 1.54) is 0 Å². The molecule has 1 aromatic rings. The van der Waals surface area contributed by atoms with Gasteiger partial charge in [-0.05, 0) is 49.8 Å². The van der Waals surface area contributed by atoms with E-state index in [0.717, 1.165) is 24.1 Å². The largest absolute Gasteiger partial charge is 0.396 e. The number of aliphatic hydroxyl groups excluding tert-OH is 1. The number of benzene rings is 1. The molecule has 0 radical (unpaired) electrons. The van der Waals surface area contributed by atoms with Gasteiger partial charge in [0.15, 0.2) is 0 Å². The average Bonchev–Trinajstić information content (AvgIpc) is 2.50. The number of carbonyl (C=O) groups excluding carboxylic acids is 1. The van der Waals surface area contributed by atoms with Gasteiger partial charge in [0.2, 0.25) is 0 Å². The molecule has 23 heavy (non-hydrogen) atoms. The Morgan fingerprint density at radius 2 is 2.09 bits per heavy atom. The normalized spacial score (nSPS) is 11.6. The fraction of sp³-hybridized carbons (Fsp3) is 0.611. The zero-order valence-corrected chi connectivity index (χ0v) is 14.7. The molecule has 0 aromatic heterocycles. The van der Waals surface area contributed by atoms with Gasteiger partial charge in [0, 0.05) is 18.8 Å². The first-order chi connectivity index (χ1) is 10.8. The predicted molar refractivity (Wildman–Crippen MR) is 93.5 cm³/mol. The number of hydrogen-bond donors (Lipinski definition) is 3. The molecule has 0 atom stereocenters. The maximum Gasteiger partial charge on any atom is 0.319 e. The van der Waals surface area contributed by atoms with Crippen molar-refractivity contribution in [2.45, 2.75) is 53.2 Å². The summed E-state index contributed by atoms with van der Waals surface area (Å²) in [5.41, 5.74) is 1.74. The minimum absolute atomic E-state index is 0.0347. The molecule has 1 rings (SSSR count).